The van der Waals surface area contributed by atoms with Crippen molar-refractivity contribution >= 4 is 20.7 Å². The van der Waals surface area contributed by atoms with E-state index in [2.05, 4.69) is 15.2 Å². The fourth-order valence-electron chi connectivity index (χ4n) is 1.79. The number of aromatic amines is 1. The van der Waals surface area contributed by atoms with Gasteiger partial charge in [0.1, 0.15) is 5.52 Å². The van der Waals surface area contributed by atoms with Crippen molar-refractivity contribution in [2.24, 2.45) is 5.92 Å². The van der Waals surface area contributed by atoms with Gasteiger partial charge in [0.05, 0.1) is 5.75 Å². The highest BCUT2D eigenvalue weighted by atomic mass is 32.2. The van der Waals surface area contributed by atoms with E-state index >= 15 is 0 Å². The lowest BCUT2D eigenvalue weighted by Gasteiger charge is -2.06. The first-order valence-corrected chi connectivity index (χ1v) is 7.09. The van der Waals surface area contributed by atoms with E-state index < -0.39 is 9.84 Å². The van der Waals surface area contributed by atoms with Crippen LogP contribution in [0.5, 0.6) is 0 Å². The summed E-state index contributed by atoms with van der Waals surface area (Å²) in [5.74, 6) is 0.155. The number of fused-ring (bicyclic) bond motifs is 1. The lowest BCUT2D eigenvalue weighted by Crippen LogP contribution is -2.13. The molecule has 0 amide bonds. The molecule has 2 rings (SSSR count). The number of nitrogens with zero attached hydrogens (tertiary/aromatic N) is 2. The molecule has 2 aromatic rings. The Morgan fingerprint density at radius 3 is 2.76 bits per heavy atom. The minimum Gasteiger partial charge on any atom is -0.282 e. The van der Waals surface area contributed by atoms with Gasteiger partial charge in [-0.05, 0) is 18.9 Å². The van der Waals surface area contributed by atoms with Crippen LogP contribution in [-0.4, -0.2) is 29.4 Å². The van der Waals surface area contributed by atoms with Crippen LogP contribution in [0, 0.1) is 12.8 Å². The van der Waals surface area contributed by atoms with E-state index in [1.54, 1.807) is 6.07 Å². The van der Waals surface area contributed by atoms with Crippen LogP contribution in [0.1, 0.15) is 19.5 Å². The quantitative estimate of drug-likeness (QED) is 0.903. The third-order valence-electron chi connectivity index (χ3n) is 2.48. The summed E-state index contributed by atoms with van der Waals surface area (Å²) in [6.07, 6.45) is 1.51. The summed E-state index contributed by atoms with van der Waals surface area (Å²) in [5.41, 5.74) is 1.29. The number of aryl methyl sites for hydroxylation is 1. The molecule has 5 nitrogen and oxygen atoms in total. The van der Waals surface area contributed by atoms with Crippen LogP contribution in [0.15, 0.2) is 17.3 Å². The zero-order chi connectivity index (χ0) is 12.6. The van der Waals surface area contributed by atoms with Gasteiger partial charge in [0.15, 0.2) is 14.9 Å². The third-order valence-corrected chi connectivity index (χ3v) is 4.47. The first kappa shape index (κ1) is 12.0. The van der Waals surface area contributed by atoms with Crippen molar-refractivity contribution in [2.75, 3.05) is 5.75 Å². The molecule has 0 aliphatic carbocycles. The average molecular weight is 253 g/mol. The van der Waals surface area contributed by atoms with Crippen LogP contribution in [-0.2, 0) is 9.84 Å². The molecule has 0 unspecified atom stereocenters. The molecule has 1 N–H and O–H groups in total. The van der Waals surface area contributed by atoms with Crippen LogP contribution in [0.3, 0.4) is 0 Å². The van der Waals surface area contributed by atoms with Crippen LogP contribution >= 0.6 is 0 Å². The largest absolute Gasteiger partial charge is 0.282 e. The van der Waals surface area contributed by atoms with E-state index in [0.29, 0.717) is 5.52 Å². The lowest BCUT2D eigenvalue weighted by atomic mass is 10.3. The zero-order valence-corrected chi connectivity index (χ0v) is 10.9. The highest BCUT2D eigenvalue weighted by molar-refractivity contribution is 7.91. The van der Waals surface area contributed by atoms with Gasteiger partial charge in [-0.15, -0.1) is 0 Å². The van der Waals surface area contributed by atoms with Crippen LogP contribution in [0.4, 0.5) is 0 Å². The molecule has 0 saturated carbocycles. The SMILES string of the molecule is Cc1[nH]nc2c(S(=O)(=O)CC(C)C)nccc12. The van der Waals surface area contributed by atoms with Gasteiger partial charge in [0.25, 0.3) is 0 Å². The molecule has 92 valence electrons. The number of H-pyrrole nitrogens is 1. The van der Waals surface area contributed by atoms with E-state index in [-0.39, 0.29) is 16.7 Å². The van der Waals surface area contributed by atoms with E-state index in [1.165, 1.54) is 6.20 Å². The normalized spacial score (nSPS) is 12.5. The summed E-state index contributed by atoms with van der Waals surface area (Å²) < 4.78 is 24.3. The Hall–Kier alpha value is -1.43. The summed E-state index contributed by atoms with van der Waals surface area (Å²) in [6, 6.07) is 1.77. The number of sulfone groups is 1. The second-order valence-corrected chi connectivity index (χ2v) is 6.49. The molecule has 6 heteroatoms. The Balaban J connectivity index is 2.64. The molecule has 0 aliphatic rings. The molecule has 0 spiro atoms. The summed E-state index contributed by atoms with van der Waals surface area (Å²) in [5, 5.41) is 7.70. The van der Waals surface area contributed by atoms with Gasteiger partial charge in [0.2, 0.25) is 0 Å². The van der Waals surface area contributed by atoms with E-state index in [9.17, 15) is 8.42 Å². The molecule has 2 heterocycles. The number of pyridine rings is 1. The number of nitrogens with one attached hydrogen (secondary N) is 1. The topological polar surface area (TPSA) is 75.7 Å². The molecule has 0 aliphatic heterocycles. The van der Waals surface area contributed by atoms with Gasteiger partial charge in [-0.3, -0.25) is 5.10 Å². The first-order chi connectivity index (χ1) is 7.92. The second kappa shape index (κ2) is 4.10. The van der Waals surface area contributed by atoms with Gasteiger partial charge in [-0.25, -0.2) is 13.4 Å². The monoisotopic (exact) mass is 253 g/mol. The zero-order valence-electron chi connectivity index (χ0n) is 10.1. The predicted octanol–water partition coefficient (Wildman–Crippen LogP) is 1.70. The van der Waals surface area contributed by atoms with Crippen LogP contribution in [0.2, 0.25) is 0 Å². The van der Waals surface area contributed by atoms with Gasteiger partial charge in [-0.2, -0.15) is 5.10 Å². The van der Waals surface area contributed by atoms with Crippen molar-refractivity contribution in [1.82, 2.24) is 15.2 Å². The number of hydrogen-bond donors (Lipinski definition) is 1. The maximum absolute atomic E-state index is 12.1. The molecule has 0 atom stereocenters. The van der Waals surface area contributed by atoms with Crippen molar-refractivity contribution < 1.29 is 8.42 Å². The summed E-state index contributed by atoms with van der Waals surface area (Å²) in [6.45, 7) is 5.59. The maximum Gasteiger partial charge on any atom is 0.198 e. The number of rotatable bonds is 3. The maximum atomic E-state index is 12.1. The average Bonchev–Trinajstić information content (AvgIpc) is 2.58. The molecule has 0 aromatic carbocycles. The molecule has 0 radical (unpaired) electrons. The highest BCUT2D eigenvalue weighted by Gasteiger charge is 2.22. The van der Waals surface area contributed by atoms with E-state index in [4.69, 9.17) is 0 Å². The molecule has 17 heavy (non-hydrogen) atoms. The predicted molar refractivity (Wildman–Crippen MR) is 65.5 cm³/mol. The van der Waals surface area contributed by atoms with Gasteiger partial charge >= 0.3 is 0 Å². The fourth-order valence-corrected chi connectivity index (χ4v) is 3.50. The smallest absolute Gasteiger partial charge is 0.198 e. The minimum absolute atomic E-state index is 0.0668. The lowest BCUT2D eigenvalue weighted by molar-refractivity contribution is 0.579. The Bertz CT molecular complexity index is 644. The summed E-state index contributed by atoms with van der Waals surface area (Å²) in [4.78, 5) is 3.97. The molecule has 0 bridgehead atoms. The molecule has 0 fully saturated rings. The molecular formula is C11H15N3O2S. The number of hydrogen-bond acceptors (Lipinski definition) is 4. The Morgan fingerprint density at radius 1 is 1.41 bits per heavy atom. The van der Waals surface area contributed by atoms with Crippen LogP contribution in [0.25, 0.3) is 10.9 Å². The third kappa shape index (κ3) is 2.17. The summed E-state index contributed by atoms with van der Waals surface area (Å²) >= 11 is 0. The number of aromatic nitrogens is 3. The molecule has 2 aromatic heterocycles. The van der Waals surface area contributed by atoms with Gasteiger partial charge in [-0.1, -0.05) is 13.8 Å². The van der Waals surface area contributed by atoms with Crippen LogP contribution < -0.4 is 0 Å². The van der Waals surface area contributed by atoms with E-state index in [1.807, 2.05) is 20.8 Å². The van der Waals surface area contributed by atoms with Crippen molar-refractivity contribution in [3.63, 3.8) is 0 Å². The fraction of sp³-hybridized carbons (Fsp3) is 0.455. The van der Waals surface area contributed by atoms with E-state index in [0.717, 1.165) is 11.1 Å². The Kier molecular flexibility index (Phi) is 2.91. The highest BCUT2D eigenvalue weighted by Crippen LogP contribution is 2.22. The van der Waals surface area contributed by atoms with Gasteiger partial charge < -0.3 is 0 Å². The second-order valence-electron chi connectivity index (χ2n) is 4.54. The van der Waals surface area contributed by atoms with Crippen molar-refractivity contribution in [3.8, 4) is 0 Å². The standard InChI is InChI=1S/C11H15N3O2S/c1-7(2)6-17(15,16)11-10-9(4-5-12-11)8(3)13-14-10/h4-5,7H,6H2,1-3H3,(H,13,14). The minimum atomic E-state index is -3.37. The first-order valence-electron chi connectivity index (χ1n) is 5.44. The van der Waals surface area contributed by atoms with Crippen molar-refractivity contribution in [1.29, 1.82) is 0 Å². The summed E-state index contributed by atoms with van der Waals surface area (Å²) in [7, 11) is -3.37. The Morgan fingerprint density at radius 2 is 2.12 bits per heavy atom. The Labute approximate surface area is 100 Å². The van der Waals surface area contributed by atoms with Crippen molar-refractivity contribution in [2.45, 2.75) is 25.8 Å². The van der Waals surface area contributed by atoms with Gasteiger partial charge in [0, 0.05) is 17.3 Å². The molecular weight excluding hydrogens is 238 g/mol. The van der Waals surface area contributed by atoms with Crippen molar-refractivity contribution in [3.05, 3.63) is 18.0 Å². The molecule has 0 saturated heterocycles.